The maximum atomic E-state index is 11.8. The highest BCUT2D eigenvalue weighted by Gasteiger charge is 2.53. The average molecular weight is 401 g/mol. The average Bonchev–Trinajstić information content (AvgIpc) is 2.92. The van der Waals surface area contributed by atoms with Crippen molar-refractivity contribution in [2.45, 2.75) is 28.8 Å². The summed E-state index contributed by atoms with van der Waals surface area (Å²) in [5, 5.41) is 9.05. The molecule has 2 unspecified atom stereocenters. The number of fused-ring (bicyclic) bond motifs is 3. The fraction of sp³-hybridized carbons (Fsp3) is 0.556. The quantitative estimate of drug-likeness (QED) is 0.355. The van der Waals surface area contributed by atoms with E-state index in [1.807, 2.05) is 0 Å². The molecule has 134 valence electrons. The Labute approximate surface area is 138 Å². The molecule has 0 aliphatic carbocycles. The predicted molar refractivity (Wildman–Crippen MR) is 78.9 cm³/mol. The van der Waals surface area contributed by atoms with Gasteiger partial charge in [0, 0.05) is 12.3 Å². The minimum absolute atomic E-state index is 0.308. The van der Waals surface area contributed by atoms with Crippen LogP contribution in [0.5, 0.6) is 0 Å². The molecule has 0 spiro atoms. The molecule has 15 heteroatoms. The summed E-state index contributed by atoms with van der Waals surface area (Å²) in [5.41, 5.74) is 4.23. The highest BCUT2D eigenvalue weighted by atomic mass is 32.2. The molecule has 1 fully saturated rings. The van der Waals surface area contributed by atoms with Crippen LogP contribution in [0.15, 0.2) is 22.2 Å². The summed E-state index contributed by atoms with van der Waals surface area (Å²) in [7, 11) is -9.77. The minimum Gasteiger partial charge on any atom is -0.394 e. The molecule has 0 aromatic carbocycles. The summed E-state index contributed by atoms with van der Waals surface area (Å²) < 4.78 is 38.8. The zero-order valence-electron chi connectivity index (χ0n) is 11.7. The van der Waals surface area contributed by atoms with E-state index in [9.17, 15) is 23.9 Å². The molecule has 24 heavy (non-hydrogen) atoms. The van der Waals surface area contributed by atoms with Crippen molar-refractivity contribution in [1.29, 1.82) is 0 Å². The molecule has 0 amide bonds. The third-order valence-corrected chi connectivity index (χ3v) is 6.82. The van der Waals surface area contributed by atoms with E-state index in [0.29, 0.717) is 5.16 Å². The number of thioether (sulfide) groups is 1. The number of phosphoric acid groups is 1. The van der Waals surface area contributed by atoms with Gasteiger partial charge in [-0.2, -0.15) is 9.29 Å². The second-order valence-electron chi connectivity index (χ2n) is 4.97. The Balaban J connectivity index is 1.85. The molecule has 12 nitrogen and oxygen atoms in total. The van der Waals surface area contributed by atoms with E-state index in [0.717, 1.165) is 11.8 Å². The van der Waals surface area contributed by atoms with Gasteiger partial charge in [0.1, 0.15) is 12.2 Å². The van der Waals surface area contributed by atoms with E-state index >= 15 is 0 Å². The maximum absolute atomic E-state index is 11.8. The van der Waals surface area contributed by atoms with Crippen molar-refractivity contribution >= 4 is 27.3 Å². The van der Waals surface area contributed by atoms with Gasteiger partial charge in [-0.1, -0.05) is 11.8 Å². The fourth-order valence-electron chi connectivity index (χ4n) is 2.45. The number of hydrogen-bond acceptors (Lipinski definition) is 9. The zero-order valence-corrected chi connectivity index (χ0v) is 14.3. The highest BCUT2D eigenvalue weighted by Crippen LogP contribution is 2.59. The number of phosphoric ester groups is 1. The van der Waals surface area contributed by atoms with E-state index in [4.69, 9.17) is 19.7 Å². The van der Waals surface area contributed by atoms with E-state index in [1.165, 1.54) is 16.8 Å². The van der Waals surface area contributed by atoms with Crippen LogP contribution in [0.2, 0.25) is 0 Å². The van der Waals surface area contributed by atoms with Crippen LogP contribution < -0.4 is 11.1 Å². The number of nitrogens with zero attached hydrogens (tertiary/aromatic N) is 2. The van der Waals surface area contributed by atoms with Gasteiger partial charge in [0.25, 0.3) is 5.56 Å². The van der Waals surface area contributed by atoms with Crippen LogP contribution in [0.4, 0.5) is 0 Å². The molecule has 3 rings (SSSR count). The van der Waals surface area contributed by atoms with Gasteiger partial charge in [-0.3, -0.25) is 13.9 Å². The van der Waals surface area contributed by atoms with Gasteiger partial charge in [-0.05, 0) is 0 Å². The van der Waals surface area contributed by atoms with Gasteiger partial charge in [0.2, 0.25) is 0 Å². The van der Waals surface area contributed by atoms with Crippen LogP contribution >= 0.6 is 27.3 Å². The van der Waals surface area contributed by atoms with Gasteiger partial charge in [0.05, 0.1) is 11.9 Å². The van der Waals surface area contributed by atoms with Crippen LogP contribution in [0, 0.1) is 0 Å². The molecule has 0 bridgehead atoms. The molecule has 1 saturated heterocycles. The van der Waals surface area contributed by atoms with Crippen LogP contribution in [0.25, 0.3) is 0 Å². The smallest absolute Gasteiger partial charge is 0.394 e. The van der Waals surface area contributed by atoms with Crippen molar-refractivity contribution in [3.63, 3.8) is 0 Å². The van der Waals surface area contributed by atoms with Gasteiger partial charge in [0.15, 0.2) is 11.4 Å². The number of ether oxygens (including phenoxy) is 1. The van der Waals surface area contributed by atoms with Gasteiger partial charge in [-0.15, -0.1) is 0 Å². The standard InChI is InChI=1S/C9H13N3O9P2S/c10-22(15,16)21-23(17,18)20-6-4(3-13)19-8-7(6)24-9-11-5(14)1-2-12(8)9/h1-2,4,6-8,13H,3H2,(H,17,18)(H3,10,15,16)/t4-,6-,7+,8-/m1/s1. The van der Waals surface area contributed by atoms with Crippen molar-refractivity contribution in [1.82, 2.24) is 9.55 Å². The lowest BCUT2D eigenvalue weighted by molar-refractivity contribution is -0.0457. The van der Waals surface area contributed by atoms with Crippen LogP contribution in [0.3, 0.4) is 0 Å². The molecule has 1 aromatic heterocycles. The lowest BCUT2D eigenvalue weighted by atomic mass is 10.2. The van der Waals surface area contributed by atoms with E-state index in [-0.39, 0.29) is 0 Å². The second kappa shape index (κ2) is 6.29. The molecule has 0 saturated carbocycles. The monoisotopic (exact) mass is 401 g/mol. The second-order valence-corrected chi connectivity index (χ2v) is 9.04. The number of nitrogens with two attached hydrogens (primary N) is 1. The summed E-state index contributed by atoms with van der Waals surface area (Å²) in [4.78, 5) is 33.6. The molecule has 2 aliphatic heterocycles. The van der Waals surface area contributed by atoms with Crippen LogP contribution in [0.1, 0.15) is 6.23 Å². The van der Waals surface area contributed by atoms with Gasteiger partial charge < -0.3 is 19.6 Å². The van der Waals surface area contributed by atoms with Crippen LogP contribution in [-0.2, 0) is 22.7 Å². The number of aliphatic hydroxyl groups excluding tert-OH is 1. The Morgan fingerprint density at radius 1 is 1.46 bits per heavy atom. The molecule has 0 radical (unpaired) electrons. The SMILES string of the molecule is NP(=O)(O)OP(=O)(O)O[C@H]1[C@@H]2Sc3nc(=O)ccn3[C@@H]2O[C@@H]1CO. The van der Waals surface area contributed by atoms with E-state index < -0.39 is 51.4 Å². The van der Waals surface area contributed by atoms with Crippen LogP contribution in [-0.4, -0.2) is 48.5 Å². The van der Waals surface area contributed by atoms with E-state index in [2.05, 4.69) is 9.29 Å². The lowest BCUT2D eigenvalue weighted by Crippen LogP contribution is -2.33. The van der Waals surface area contributed by atoms with E-state index in [1.54, 1.807) is 0 Å². The molecule has 2 aliphatic rings. The molecule has 1 aromatic rings. The third kappa shape index (κ3) is 3.65. The van der Waals surface area contributed by atoms with Gasteiger partial charge in [-0.25, -0.2) is 14.6 Å². The maximum Gasteiger partial charge on any atom is 0.480 e. The topological polar surface area (TPSA) is 183 Å². The first-order chi connectivity index (χ1) is 11.1. The molecule has 5 N–H and O–H groups in total. The number of hydrogen-bond donors (Lipinski definition) is 4. The number of aromatic nitrogens is 2. The molecule has 3 heterocycles. The first-order valence-electron chi connectivity index (χ1n) is 6.46. The van der Waals surface area contributed by atoms with Crippen molar-refractivity contribution in [2.75, 3.05) is 6.61 Å². The summed E-state index contributed by atoms with van der Waals surface area (Å²) >= 11 is 1.05. The fourth-order valence-corrected chi connectivity index (χ4v) is 5.80. The number of aliphatic hydroxyl groups is 1. The Morgan fingerprint density at radius 3 is 2.79 bits per heavy atom. The zero-order chi connectivity index (χ0) is 17.7. The minimum atomic E-state index is -5.00. The van der Waals surface area contributed by atoms with Crippen molar-refractivity contribution < 1.29 is 37.6 Å². The normalized spacial score (nSPS) is 33.5. The molecule has 6 atom stereocenters. The highest BCUT2D eigenvalue weighted by molar-refractivity contribution is 8.00. The van der Waals surface area contributed by atoms with Gasteiger partial charge >= 0.3 is 15.6 Å². The summed E-state index contributed by atoms with van der Waals surface area (Å²) in [6.45, 7) is -0.541. The molecular formula is C9H13N3O9P2S. The largest absolute Gasteiger partial charge is 0.480 e. The summed E-state index contributed by atoms with van der Waals surface area (Å²) in [6, 6.07) is 1.22. The van der Waals surface area contributed by atoms with Crippen molar-refractivity contribution in [3.05, 3.63) is 22.6 Å². The Hall–Kier alpha value is -0.590. The Kier molecular flexibility index (Phi) is 4.77. The van der Waals surface area contributed by atoms with Crippen molar-refractivity contribution in [3.8, 4) is 0 Å². The lowest BCUT2D eigenvalue weighted by Gasteiger charge is -2.22. The third-order valence-electron chi connectivity index (χ3n) is 3.26. The molecular weight excluding hydrogens is 388 g/mol. The number of rotatable bonds is 5. The predicted octanol–water partition coefficient (Wildman–Crippen LogP) is -0.831. The first kappa shape index (κ1) is 18.2. The van der Waals surface area contributed by atoms with Crippen molar-refractivity contribution in [2.24, 2.45) is 5.50 Å². The Morgan fingerprint density at radius 2 is 2.17 bits per heavy atom. The summed E-state index contributed by atoms with van der Waals surface area (Å²) in [5.74, 6) is 0. The summed E-state index contributed by atoms with van der Waals surface area (Å²) in [6.07, 6.45) is -1.45. The Bertz CT molecular complexity index is 797. The first-order valence-corrected chi connectivity index (χ1v) is 10.5.